The average Bonchev–Trinajstić information content (AvgIpc) is 2.53. The van der Waals surface area contributed by atoms with E-state index < -0.39 is 15.7 Å². The smallest absolute Gasteiger partial charge is 0.257 e. The molecule has 6 nitrogen and oxygen atoms in total. The molecule has 2 aromatic carbocycles. The molecule has 0 atom stereocenters. The largest absolute Gasteiger partial charge is 0.355 e. The van der Waals surface area contributed by atoms with Gasteiger partial charge < -0.3 is 10.6 Å². The van der Waals surface area contributed by atoms with E-state index >= 15 is 0 Å². The van der Waals surface area contributed by atoms with E-state index in [1.807, 2.05) is 0 Å². The minimum atomic E-state index is -3.48. The van der Waals surface area contributed by atoms with Crippen molar-refractivity contribution in [3.63, 3.8) is 0 Å². The van der Waals surface area contributed by atoms with Crippen LogP contribution in [-0.2, 0) is 9.84 Å². The lowest BCUT2D eigenvalue weighted by atomic mass is 10.1. The third kappa shape index (κ3) is 3.93. The van der Waals surface area contributed by atoms with Crippen molar-refractivity contribution in [2.75, 3.05) is 18.6 Å². The molecule has 126 valence electrons. The van der Waals surface area contributed by atoms with Crippen LogP contribution in [0.5, 0.6) is 0 Å². The highest BCUT2D eigenvalue weighted by molar-refractivity contribution is 7.90. The lowest BCUT2D eigenvalue weighted by molar-refractivity contribution is 0.0964. The van der Waals surface area contributed by atoms with Crippen LogP contribution in [0, 0.1) is 0 Å². The van der Waals surface area contributed by atoms with Gasteiger partial charge in [-0.05, 0) is 30.3 Å². The molecular weight excluding hydrogens is 352 g/mol. The van der Waals surface area contributed by atoms with Crippen LogP contribution >= 0.6 is 11.6 Å². The van der Waals surface area contributed by atoms with Gasteiger partial charge in [-0.2, -0.15) is 0 Å². The topological polar surface area (TPSA) is 92.3 Å². The monoisotopic (exact) mass is 366 g/mol. The number of rotatable bonds is 4. The molecule has 0 aliphatic rings. The van der Waals surface area contributed by atoms with Crippen LogP contribution in [0.4, 0.5) is 5.69 Å². The summed E-state index contributed by atoms with van der Waals surface area (Å²) >= 11 is 6.00. The first kappa shape index (κ1) is 18.0. The second-order valence-corrected chi connectivity index (χ2v) is 7.42. The van der Waals surface area contributed by atoms with Crippen molar-refractivity contribution in [3.8, 4) is 0 Å². The van der Waals surface area contributed by atoms with Gasteiger partial charge in [0.15, 0.2) is 9.84 Å². The predicted molar refractivity (Wildman–Crippen MR) is 92.3 cm³/mol. The molecular formula is C16H15ClN2O4S. The highest BCUT2D eigenvalue weighted by Crippen LogP contribution is 2.23. The summed E-state index contributed by atoms with van der Waals surface area (Å²) in [6.07, 6.45) is 1.04. The summed E-state index contributed by atoms with van der Waals surface area (Å²) in [5.41, 5.74) is 0.581. The van der Waals surface area contributed by atoms with E-state index in [1.54, 1.807) is 24.3 Å². The minimum absolute atomic E-state index is 0.00583. The molecule has 8 heteroatoms. The van der Waals surface area contributed by atoms with E-state index in [0.717, 1.165) is 6.26 Å². The molecule has 0 spiro atoms. The fourth-order valence-electron chi connectivity index (χ4n) is 2.02. The summed E-state index contributed by atoms with van der Waals surface area (Å²) in [5, 5.41) is 5.17. The van der Waals surface area contributed by atoms with Gasteiger partial charge in [0.05, 0.1) is 26.7 Å². The molecule has 0 bridgehead atoms. The number of sulfone groups is 1. The SMILES string of the molecule is CNC(=O)c1ccccc1NC(=O)c1cc(S(C)(=O)=O)ccc1Cl. The predicted octanol–water partition coefficient (Wildman–Crippen LogP) is 2.36. The molecule has 2 rings (SSSR count). The molecule has 2 amide bonds. The van der Waals surface area contributed by atoms with Gasteiger partial charge in [-0.1, -0.05) is 23.7 Å². The Labute approximate surface area is 144 Å². The Morgan fingerprint density at radius 3 is 2.29 bits per heavy atom. The summed E-state index contributed by atoms with van der Waals surface area (Å²) in [7, 11) is -2.00. The summed E-state index contributed by atoms with van der Waals surface area (Å²) in [5.74, 6) is -0.969. The second-order valence-electron chi connectivity index (χ2n) is 4.99. The van der Waals surface area contributed by atoms with E-state index in [9.17, 15) is 18.0 Å². The minimum Gasteiger partial charge on any atom is -0.355 e. The van der Waals surface area contributed by atoms with Crippen LogP contribution in [-0.4, -0.2) is 33.5 Å². The zero-order chi connectivity index (χ0) is 17.9. The summed E-state index contributed by atoms with van der Waals surface area (Å²) in [6.45, 7) is 0. The van der Waals surface area contributed by atoms with Crippen LogP contribution in [0.1, 0.15) is 20.7 Å². The van der Waals surface area contributed by atoms with Crippen molar-refractivity contribution in [2.24, 2.45) is 0 Å². The quantitative estimate of drug-likeness (QED) is 0.868. The van der Waals surface area contributed by atoms with Gasteiger partial charge in [-0.15, -0.1) is 0 Å². The summed E-state index contributed by atoms with van der Waals surface area (Å²) in [6, 6.07) is 10.3. The lowest BCUT2D eigenvalue weighted by Crippen LogP contribution is -2.21. The molecule has 0 saturated heterocycles. The fraction of sp³-hybridized carbons (Fsp3) is 0.125. The second kappa shape index (κ2) is 7.02. The number of carbonyl (C=O) groups excluding carboxylic acids is 2. The Morgan fingerprint density at radius 2 is 1.67 bits per heavy atom. The number of amides is 2. The van der Waals surface area contributed by atoms with Crippen LogP contribution in [0.15, 0.2) is 47.4 Å². The van der Waals surface area contributed by atoms with Gasteiger partial charge in [-0.3, -0.25) is 9.59 Å². The van der Waals surface area contributed by atoms with E-state index in [4.69, 9.17) is 11.6 Å². The molecule has 0 radical (unpaired) electrons. The van der Waals surface area contributed by atoms with Crippen LogP contribution in [0.3, 0.4) is 0 Å². The van der Waals surface area contributed by atoms with Gasteiger partial charge in [0.1, 0.15) is 0 Å². The Hall–Kier alpha value is -2.38. The standard InChI is InChI=1S/C16H15ClN2O4S/c1-18-15(20)11-5-3-4-6-14(11)19-16(21)12-9-10(24(2,22)23)7-8-13(12)17/h3-9H,1-2H3,(H,18,20)(H,19,21). The molecule has 0 unspecified atom stereocenters. The molecule has 0 heterocycles. The number of halogens is 1. The number of anilines is 1. The van der Waals surface area contributed by atoms with E-state index in [1.165, 1.54) is 25.2 Å². The van der Waals surface area contributed by atoms with Crippen LogP contribution < -0.4 is 10.6 Å². The molecule has 2 N–H and O–H groups in total. The third-order valence-electron chi connectivity index (χ3n) is 3.26. The fourth-order valence-corrected chi connectivity index (χ4v) is 2.87. The van der Waals surface area contributed by atoms with Crippen molar-refractivity contribution in [1.82, 2.24) is 5.32 Å². The van der Waals surface area contributed by atoms with Gasteiger partial charge in [0, 0.05) is 13.3 Å². The maximum absolute atomic E-state index is 12.5. The molecule has 0 saturated carbocycles. The van der Waals surface area contributed by atoms with Crippen molar-refractivity contribution in [2.45, 2.75) is 4.90 Å². The Kier molecular flexibility index (Phi) is 5.26. The molecule has 2 aromatic rings. The van der Waals surface area contributed by atoms with Crippen molar-refractivity contribution >= 4 is 38.9 Å². The van der Waals surface area contributed by atoms with Crippen molar-refractivity contribution in [1.29, 1.82) is 0 Å². The number of nitrogens with one attached hydrogen (secondary N) is 2. The molecule has 0 aliphatic carbocycles. The van der Waals surface area contributed by atoms with Crippen molar-refractivity contribution < 1.29 is 18.0 Å². The van der Waals surface area contributed by atoms with Gasteiger partial charge in [0.2, 0.25) is 0 Å². The highest BCUT2D eigenvalue weighted by Gasteiger charge is 2.17. The zero-order valence-corrected chi connectivity index (χ0v) is 14.5. The summed E-state index contributed by atoms with van der Waals surface area (Å²) < 4.78 is 23.3. The number of benzene rings is 2. The van der Waals surface area contributed by atoms with E-state index in [-0.39, 0.29) is 27.0 Å². The molecule has 0 aromatic heterocycles. The number of hydrogen-bond acceptors (Lipinski definition) is 4. The van der Waals surface area contributed by atoms with Gasteiger partial charge in [-0.25, -0.2) is 8.42 Å². The van der Waals surface area contributed by atoms with Crippen LogP contribution in [0.2, 0.25) is 5.02 Å². The van der Waals surface area contributed by atoms with E-state index in [0.29, 0.717) is 5.69 Å². The molecule has 0 aliphatic heterocycles. The highest BCUT2D eigenvalue weighted by atomic mass is 35.5. The Bertz CT molecular complexity index is 910. The number of hydrogen-bond donors (Lipinski definition) is 2. The molecule has 0 fully saturated rings. The lowest BCUT2D eigenvalue weighted by Gasteiger charge is -2.11. The van der Waals surface area contributed by atoms with Gasteiger partial charge >= 0.3 is 0 Å². The maximum atomic E-state index is 12.5. The van der Waals surface area contributed by atoms with E-state index in [2.05, 4.69) is 10.6 Å². The van der Waals surface area contributed by atoms with Crippen LogP contribution in [0.25, 0.3) is 0 Å². The number of para-hydroxylation sites is 1. The van der Waals surface area contributed by atoms with Crippen molar-refractivity contribution in [3.05, 3.63) is 58.6 Å². The first-order chi connectivity index (χ1) is 11.2. The Morgan fingerprint density at radius 1 is 1.00 bits per heavy atom. The average molecular weight is 367 g/mol. The number of carbonyl (C=O) groups is 2. The Balaban J connectivity index is 2.40. The summed E-state index contributed by atoms with van der Waals surface area (Å²) in [4.78, 5) is 24.3. The van der Waals surface area contributed by atoms with Gasteiger partial charge in [0.25, 0.3) is 11.8 Å². The zero-order valence-electron chi connectivity index (χ0n) is 13.0. The maximum Gasteiger partial charge on any atom is 0.257 e. The normalized spacial score (nSPS) is 11.0. The third-order valence-corrected chi connectivity index (χ3v) is 4.70. The first-order valence-electron chi connectivity index (χ1n) is 6.86. The molecule has 24 heavy (non-hydrogen) atoms. The first-order valence-corrected chi connectivity index (χ1v) is 9.13.